The third-order valence-electron chi connectivity index (χ3n) is 3.23. The van der Waals surface area contributed by atoms with Crippen molar-refractivity contribution >= 4 is 5.97 Å². The smallest absolute Gasteiger partial charge is 0.326 e. The molecule has 1 unspecified atom stereocenters. The predicted octanol–water partition coefficient (Wildman–Crippen LogP) is 1.14. The number of ether oxygens (including phenoxy) is 2. The molecule has 1 aliphatic rings. The summed E-state index contributed by atoms with van der Waals surface area (Å²) in [4.78, 5) is 11.8. The van der Waals surface area contributed by atoms with Crippen LogP contribution in [0.2, 0.25) is 0 Å². The molecular weight excluding hydrogens is 218 g/mol. The van der Waals surface area contributed by atoms with E-state index < -0.39 is 5.54 Å². The SMILES string of the molecule is COC(=O)C1(Cc2cccc(OC)c2)CCN1. The van der Waals surface area contributed by atoms with Crippen LogP contribution in [0.15, 0.2) is 24.3 Å². The topological polar surface area (TPSA) is 47.6 Å². The van der Waals surface area contributed by atoms with Gasteiger partial charge >= 0.3 is 5.97 Å². The Morgan fingerprint density at radius 2 is 2.24 bits per heavy atom. The number of nitrogens with one attached hydrogen (secondary N) is 1. The number of hydrogen-bond acceptors (Lipinski definition) is 4. The van der Waals surface area contributed by atoms with Crippen molar-refractivity contribution in [2.45, 2.75) is 18.4 Å². The van der Waals surface area contributed by atoms with Crippen LogP contribution < -0.4 is 10.1 Å². The van der Waals surface area contributed by atoms with Crippen LogP contribution in [0.4, 0.5) is 0 Å². The van der Waals surface area contributed by atoms with Crippen molar-refractivity contribution in [2.75, 3.05) is 20.8 Å². The van der Waals surface area contributed by atoms with E-state index in [0.29, 0.717) is 6.42 Å². The van der Waals surface area contributed by atoms with Crippen molar-refractivity contribution in [3.8, 4) is 5.75 Å². The van der Waals surface area contributed by atoms with Crippen molar-refractivity contribution in [1.82, 2.24) is 5.32 Å². The summed E-state index contributed by atoms with van der Waals surface area (Å²) in [5.74, 6) is 0.619. The van der Waals surface area contributed by atoms with Crippen LogP contribution >= 0.6 is 0 Å². The lowest BCUT2D eigenvalue weighted by molar-refractivity contribution is -0.152. The maximum absolute atomic E-state index is 11.8. The number of carbonyl (C=O) groups is 1. The monoisotopic (exact) mass is 235 g/mol. The van der Waals surface area contributed by atoms with E-state index in [-0.39, 0.29) is 5.97 Å². The van der Waals surface area contributed by atoms with Gasteiger partial charge in [-0.05, 0) is 30.7 Å². The van der Waals surface area contributed by atoms with E-state index in [1.165, 1.54) is 7.11 Å². The first-order chi connectivity index (χ1) is 8.20. The van der Waals surface area contributed by atoms with Gasteiger partial charge in [0.1, 0.15) is 11.3 Å². The van der Waals surface area contributed by atoms with Gasteiger partial charge in [-0.1, -0.05) is 12.1 Å². The predicted molar refractivity (Wildman–Crippen MR) is 64.1 cm³/mol. The summed E-state index contributed by atoms with van der Waals surface area (Å²) in [6.45, 7) is 0.860. The number of methoxy groups -OCH3 is 2. The number of benzene rings is 1. The molecule has 1 aliphatic heterocycles. The van der Waals surface area contributed by atoms with Crippen LogP contribution in [0.25, 0.3) is 0 Å². The van der Waals surface area contributed by atoms with Crippen LogP contribution in [0, 0.1) is 0 Å². The Labute approximate surface area is 101 Å². The van der Waals surface area contributed by atoms with E-state index in [4.69, 9.17) is 9.47 Å². The molecule has 0 spiro atoms. The van der Waals surface area contributed by atoms with E-state index in [9.17, 15) is 4.79 Å². The highest BCUT2D eigenvalue weighted by Gasteiger charge is 2.44. The number of hydrogen-bond donors (Lipinski definition) is 1. The largest absolute Gasteiger partial charge is 0.497 e. The molecule has 2 rings (SSSR count). The molecule has 92 valence electrons. The van der Waals surface area contributed by atoms with E-state index in [1.807, 2.05) is 24.3 Å². The summed E-state index contributed by atoms with van der Waals surface area (Å²) >= 11 is 0. The zero-order valence-corrected chi connectivity index (χ0v) is 10.2. The van der Waals surface area contributed by atoms with Crippen LogP contribution in [-0.4, -0.2) is 32.3 Å². The van der Waals surface area contributed by atoms with Gasteiger partial charge in [-0.2, -0.15) is 0 Å². The lowest BCUT2D eigenvalue weighted by Crippen LogP contribution is -2.64. The highest BCUT2D eigenvalue weighted by atomic mass is 16.5. The van der Waals surface area contributed by atoms with Gasteiger partial charge < -0.3 is 14.8 Å². The maximum Gasteiger partial charge on any atom is 0.326 e. The van der Waals surface area contributed by atoms with Gasteiger partial charge in [0.25, 0.3) is 0 Å². The molecule has 0 radical (unpaired) electrons. The Kier molecular flexibility index (Phi) is 3.33. The molecule has 17 heavy (non-hydrogen) atoms. The van der Waals surface area contributed by atoms with Crippen molar-refractivity contribution in [1.29, 1.82) is 0 Å². The van der Waals surface area contributed by atoms with Crippen LogP contribution in [0.5, 0.6) is 5.75 Å². The molecule has 0 aliphatic carbocycles. The fourth-order valence-corrected chi connectivity index (χ4v) is 2.15. The molecule has 0 saturated carbocycles. The minimum Gasteiger partial charge on any atom is -0.497 e. The summed E-state index contributed by atoms with van der Waals surface area (Å²) in [6.07, 6.45) is 1.45. The number of carbonyl (C=O) groups excluding carboxylic acids is 1. The van der Waals surface area contributed by atoms with Gasteiger partial charge in [0.2, 0.25) is 0 Å². The summed E-state index contributed by atoms with van der Waals surface area (Å²) in [5, 5.41) is 3.18. The summed E-state index contributed by atoms with van der Waals surface area (Å²) in [7, 11) is 3.06. The Morgan fingerprint density at radius 3 is 2.76 bits per heavy atom. The quantitative estimate of drug-likeness (QED) is 0.795. The van der Waals surface area contributed by atoms with Gasteiger partial charge in [0.15, 0.2) is 0 Å². The number of rotatable bonds is 4. The zero-order valence-electron chi connectivity index (χ0n) is 10.2. The van der Waals surface area contributed by atoms with Crippen molar-refractivity contribution < 1.29 is 14.3 Å². The van der Waals surface area contributed by atoms with Crippen molar-refractivity contribution in [3.05, 3.63) is 29.8 Å². The van der Waals surface area contributed by atoms with Gasteiger partial charge in [0, 0.05) is 6.42 Å². The molecule has 1 N–H and O–H groups in total. The molecule has 1 aromatic carbocycles. The minimum absolute atomic E-state index is 0.188. The van der Waals surface area contributed by atoms with Crippen LogP contribution in [0.3, 0.4) is 0 Å². The van der Waals surface area contributed by atoms with Gasteiger partial charge in [0.05, 0.1) is 14.2 Å². The maximum atomic E-state index is 11.8. The average Bonchev–Trinajstić information content (AvgIpc) is 2.33. The summed E-state index contributed by atoms with van der Waals surface area (Å²) in [5.41, 5.74) is 0.531. The van der Waals surface area contributed by atoms with Crippen molar-refractivity contribution in [3.63, 3.8) is 0 Å². The lowest BCUT2D eigenvalue weighted by atomic mass is 9.82. The van der Waals surface area contributed by atoms with Crippen LogP contribution in [0.1, 0.15) is 12.0 Å². The molecule has 4 heteroatoms. The highest BCUT2D eigenvalue weighted by molar-refractivity contribution is 5.82. The molecular formula is C13H17NO3. The third-order valence-corrected chi connectivity index (χ3v) is 3.23. The number of esters is 1. The molecule has 4 nitrogen and oxygen atoms in total. The Morgan fingerprint density at radius 1 is 1.47 bits per heavy atom. The lowest BCUT2D eigenvalue weighted by Gasteiger charge is -2.40. The molecule has 1 aromatic rings. The molecule has 1 heterocycles. The molecule has 0 aromatic heterocycles. The van der Waals surface area contributed by atoms with E-state index in [1.54, 1.807) is 7.11 Å². The molecule has 1 atom stereocenters. The van der Waals surface area contributed by atoms with E-state index in [2.05, 4.69) is 5.32 Å². The first-order valence-electron chi connectivity index (χ1n) is 5.66. The average molecular weight is 235 g/mol. The molecule has 0 bridgehead atoms. The van der Waals surface area contributed by atoms with Crippen LogP contribution in [-0.2, 0) is 16.0 Å². The van der Waals surface area contributed by atoms with Gasteiger partial charge in [-0.25, -0.2) is 0 Å². The Bertz CT molecular complexity index is 413. The Hall–Kier alpha value is -1.55. The van der Waals surface area contributed by atoms with E-state index in [0.717, 1.165) is 24.3 Å². The van der Waals surface area contributed by atoms with E-state index >= 15 is 0 Å². The molecule has 1 fully saturated rings. The standard InChI is InChI=1S/C13H17NO3/c1-16-11-5-3-4-10(8-11)9-13(6-7-14-13)12(15)17-2/h3-5,8,14H,6-7,9H2,1-2H3. The van der Waals surface area contributed by atoms with Gasteiger partial charge in [-0.3, -0.25) is 4.79 Å². The summed E-state index contributed by atoms with van der Waals surface area (Å²) in [6, 6.07) is 7.76. The Balaban J connectivity index is 2.15. The first kappa shape index (κ1) is 11.9. The second kappa shape index (κ2) is 4.75. The second-order valence-corrected chi connectivity index (χ2v) is 4.28. The highest BCUT2D eigenvalue weighted by Crippen LogP contribution is 2.26. The third kappa shape index (κ3) is 2.26. The molecule has 0 amide bonds. The first-order valence-corrected chi connectivity index (χ1v) is 5.66. The molecule has 1 saturated heterocycles. The van der Waals surface area contributed by atoms with Gasteiger partial charge in [-0.15, -0.1) is 0 Å². The fraction of sp³-hybridized carbons (Fsp3) is 0.462. The van der Waals surface area contributed by atoms with Crippen molar-refractivity contribution in [2.24, 2.45) is 0 Å². The minimum atomic E-state index is -0.541. The zero-order chi connectivity index (χ0) is 12.3. The summed E-state index contributed by atoms with van der Waals surface area (Å²) < 4.78 is 10.0. The fourth-order valence-electron chi connectivity index (χ4n) is 2.15. The second-order valence-electron chi connectivity index (χ2n) is 4.28. The normalized spacial score (nSPS) is 22.7.